The van der Waals surface area contributed by atoms with Gasteiger partial charge in [-0.25, -0.2) is 0 Å². The van der Waals surface area contributed by atoms with Crippen molar-refractivity contribution in [3.63, 3.8) is 0 Å². The number of aliphatic hydroxyl groups excluding tert-OH is 1. The van der Waals surface area contributed by atoms with Crippen molar-refractivity contribution in [2.45, 2.75) is 37.2 Å². The standard InChI is InChI=1S/C8H12Cl2O/c9-5-6-7(10)3-1-2-4-8(6)11/h5,7-8,11H,1-4H2/b6-5-/t7-,8-/m0/s1. The van der Waals surface area contributed by atoms with Gasteiger partial charge in [0, 0.05) is 5.54 Å². The predicted molar refractivity (Wildman–Crippen MR) is 48.1 cm³/mol. The van der Waals surface area contributed by atoms with E-state index in [2.05, 4.69) is 0 Å². The molecule has 1 nitrogen and oxygen atoms in total. The van der Waals surface area contributed by atoms with E-state index in [4.69, 9.17) is 23.2 Å². The average molecular weight is 195 g/mol. The zero-order valence-electron chi connectivity index (χ0n) is 6.26. The Balaban J connectivity index is 2.67. The maximum Gasteiger partial charge on any atom is 0.0775 e. The molecule has 0 amide bonds. The summed E-state index contributed by atoms with van der Waals surface area (Å²) in [5, 5.41) is 9.42. The summed E-state index contributed by atoms with van der Waals surface area (Å²) < 4.78 is 0. The first-order chi connectivity index (χ1) is 5.25. The summed E-state index contributed by atoms with van der Waals surface area (Å²) in [4.78, 5) is 0. The summed E-state index contributed by atoms with van der Waals surface area (Å²) in [6.07, 6.45) is 3.43. The number of rotatable bonds is 0. The van der Waals surface area contributed by atoms with E-state index in [1.807, 2.05) is 0 Å². The van der Waals surface area contributed by atoms with Crippen LogP contribution in [0.25, 0.3) is 0 Å². The van der Waals surface area contributed by atoms with Crippen molar-refractivity contribution in [1.82, 2.24) is 0 Å². The molecule has 64 valence electrons. The second-order valence-corrected chi connectivity index (χ2v) is 3.62. The van der Waals surface area contributed by atoms with Crippen LogP contribution in [0.4, 0.5) is 0 Å². The maximum atomic E-state index is 9.48. The van der Waals surface area contributed by atoms with Crippen LogP contribution in [0.2, 0.25) is 0 Å². The van der Waals surface area contributed by atoms with Gasteiger partial charge < -0.3 is 5.11 Å². The number of alkyl halides is 1. The molecule has 0 heterocycles. The van der Waals surface area contributed by atoms with Gasteiger partial charge in [-0.3, -0.25) is 0 Å². The van der Waals surface area contributed by atoms with Crippen LogP contribution in [-0.4, -0.2) is 16.6 Å². The van der Waals surface area contributed by atoms with Crippen LogP contribution in [0.15, 0.2) is 11.1 Å². The second-order valence-electron chi connectivity index (χ2n) is 2.88. The van der Waals surface area contributed by atoms with E-state index in [0.717, 1.165) is 31.3 Å². The minimum absolute atomic E-state index is 0.0648. The largest absolute Gasteiger partial charge is 0.389 e. The fourth-order valence-corrected chi connectivity index (χ4v) is 2.07. The van der Waals surface area contributed by atoms with Gasteiger partial charge in [0.25, 0.3) is 0 Å². The van der Waals surface area contributed by atoms with Crippen LogP contribution < -0.4 is 0 Å². The lowest BCUT2D eigenvalue weighted by molar-refractivity contribution is 0.200. The highest BCUT2D eigenvalue weighted by atomic mass is 35.5. The molecule has 1 aliphatic carbocycles. The molecule has 0 bridgehead atoms. The van der Waals surface area contributed by atoms with Crippen LogP contribution in [0.5, 0.6) is 0 Å². The smallest absolute Gasteiger partial charge is 0.0775 e. The van der Waals surface area contributed by atoms with Crippen LogP contribution in [-0.2, 0) is 0 Å². The first-order valence-corrected chi connectivity index (χ1v) is 4.75. The summed E-state index contributed by atoms with van der Waals surface area (Å²) in [5.41, 5.74) is 2.21. The molecule has 11 heavy (non-hydrogen) atoms. The van der Waals surface area contributed by atoms with Crippen molar-refractivity contribution in [2.75, 3.05) is 0 Å². The minimum atomic E-state index is -0.419. The molecule has 1 N–H and O–H groups in total. The van der Waals surface area contributed by atoms with Crippen molar-refractivity contribution < 1.29 is 5.11 Å². The van der Waals surface area contributed by atoms with Crippen LogP contribution in [0.1, 0.15) is 25.7 Å². The van der Waals surface area contributed by atoms with E-state index >= 15 is 0 Å². The van der Waals surface area contributed by atoms with Gasteiger partial charge in [-0.15, -0.1) is 11.6 Å². The van der Waals surface area contributed by atoms with E-state index in [1.165, 1.54) is 5.54 Å². The fraction of sp³-hybridized carbons (Fsp3) is 0.750. The van der Waals surface area contributed by atoms with Gasteiger partial charge >= 0.3 is 0 Å². The molecule has 1 saturated carbocycles. The van der Waals surface area contributed by atoms with Crippen molar-refractivity contribution in [3.8, 4) is 0 Å². The quantitative estimate of drug-likeness (QED) is 0.465. The van der Waals surface area contributed by atoms with Crippen molar-refractivity contribution >= 4 is 23.2 Å². The Morgan fingerprint density at radius 2 is 2.00 bits per heavy atom. The molecule has 0 aliphatic heterocycles. The lowest BCUT2D eigenvalue weighted by Crippen LogP contribution is -2.14. The predicted octanol–water partition coefficient (Wildman–Crippen LogP) is 2.65. The average Bonchev–Trinajstić information content (AvgIpc) is 2.12. The summed E-state index contributed by atoms with van der Waals surface area (Å²) in [6.45, 7) is 0. The minimum Gasteiger partial charge on any atom is -0.389 e. The highest BCUT2D eigenvalue weighted by Crippen LogP contribution is 2.27. The van der Waals surface area contributed by atoms with Crippen LogP contribution in [0.3, 0.4) is 0 Å². The van der Waals surface area contributed by atoms with Gasteiger partial charge in [0.1, 0.15) is 0 Å². The molecule has 0 aromatic carbocycles. The number of hydrogen-bond donors (Lipinski definition) is 1. The van der Waals surface area contributed by atoms with Crippen molar-refractivity contribution in [1.29, 1.82) is 0 Å². The van der Waals surface area contributed by atoms with Gasteiger partial charge in [0.2, 0.25) is 0 Å². The Labute approximate surface area is 77.0 Å². The van der Waals surface area contributed by atoms with E-state index in [9.17, 15) is 5.11 Å². The van der Waals surface area contributed by atoms with Crippen LogP contribution in [0, 0.1) is 0 Å². The summed E-state index contributed by atoms with van der Waals surface area (Å²) in [7, 11) is 0. The Kier molecular flexibility index (Phi) is 3.70. The summed E-state index contributed by atoms with van der Waals surface area (Å²) >= 11 is 11.5. The molecule has 0 aromatic rings. The molecule has 1 aliphatic rings. The first kappa shape index (κ1) is 9.37. The van der Waals surface area contributed by atoms with Gasteiger partial charge in [-0.1, -0.05) is 24.4 Å². The monoisotopic (exact) mass is 194 g/mol. The third kappa shape index (κ3) is 2.36. The van der Waals surface area contributed by atoms with Gasteiger partial charge in [0.15, 0.2) is 0 Å². The van der Waals surface area contributed by atoms with E-state index < -0.39 is 6.10 Å². The number of aliphatic hydroxyl groups is 1. The molecule has 0 spiro atoms. The normalized spacial score (nSPS) is 37.2. The molecule has 2 atom stereocenters. The lowest BCUT2D eigenvalue weighted by atomic mass is 10.1. The molecule has 3 heteroatoms. The second kappa shape index (κ2) is 4.34. The number of halogens is 2. The van der Waals surface area contributed by atoms with E-state index in [-0.39, 0.29) is 5.38 Å². The summed E-state index contributed by atoms with van der Waals surface area (Å²) in [5.74, 6) is 0. The van der Waals surface area contributed by atoms with E-state index in [1.54, 1.807) is 0 Å². The molecule has 0 unspecified atom stereocenters. The molecule has 1 rings (SSSR count). The Morgan fingerprint density at radius 1 is 1.36 bits per heavy atom. The van der Waals surface area contributed by atoms with Crippen molar-refractivity contribution in [3.05, 3.63) is 11.1 Å². The molecule has 0 aromatic heterocycles. The molecule has 1 fully saturated rings. The molecule has 0 radical (unpaired) electrons. The first-order valence-electron chi connectivity index (χ1n) is 3.88. The lowest BCUT2D eigenvalue weighted by Gasteiger charge is -2.13. The summed E-state index contributed by atoms with van der Waals surface area (Å²) in [6, 6.07) is 0. The Bertz CT molecular complexity index is 142. The SMILES string of the molecule is O[C@H]1CCCC[C@H](Cl)/C1=C/Cl. The Hall–Kier alpha value is 0.280. The highest BCUT2D eigenvalue weighted by molar-refractivity contribution is 6.28. The third-order valence-corrected chi connectivity index (χ3v) is 2.78. The third-order valence-electron chi connectivity index (χ3n) is 2.06. The van der Waals surface area contributed by atoms with Crippen molar-refractivity contribution in [2.24, 2.45) is 0 Å². The fourth-order valence-electron chi connectivity index (χ4n) is 1.34. The van der Waals surface area contributed by atoms with Gasteiger partial charge in [0.05, 0.1) is 11.5 Å². The molecular weight excluding hydrogens is 183 g/mol. The molecule has 0 saturated heterocycles. The number of hydrogen-bond acceptors (Lipinski definition) is 1. The van der Waals surface area contributed by atoms with Gasteiger partial charge in [-0.2, -0.15) is 0 Å². The van der Waals surface area contributed by atoms with Gasteiger partial charge in [-0.05, 0) is 18.4 Å². The maximum absolute atomic E-state index is 9.48. The topological polar surface area (TPSA) is 20.2 Å². The zero-order chi connectivity index (χ0) is 8.27. The zero-order valence-corrected chi connectivity index (χ0v) is 7.78. The Morgan fingerprint density at radius 3 is 2.64 bits per heavy atom. The van der Waals surface area contributed by atoms with Crippen LogP contribution >= 0.6 is 23.2 Å². The highest BCUT2D eigenvalue weighted by Gasteiger charge is 2.21. The molecular formula is C8H12Cl2O. The van der Waals surface area contributed by atoms with E-state index in [0.29, 0.717) is 0 Å².